The Balaban J connectivity index is 0.929. The number of piperidine rings is 3. The largest absolute Gasteiger partial charge is 0.511 e. The van der Waals surface area contributed by atoms with Crippen molar-refractivity contribution in [2.24, 2.45) is 11.8 Å². The SMILES string of the molecule is CCOC(=O)OC(C)OC(=O)CN1CCC(C2CCN(C(=O)[C@@H](Cc3cc(C)c4[nH]c(=O)oc4c3)OC(=O)N3CCC(N4CCc5ccccc5NC4=O)CC3)CC2)CC1. The van der Waals surface area contributed by atoms with Gasteiger partial charge in [-0.05, 0) is 113 Å². The Bertz CT molecular complexity index is 2080. The lowest BCUT2D eigenvalue weighted by Gasteiger charge is -2.41. The summed E-state index contributed by atoms with van der Waals surface area (Å²) >= 11 is 0. The number of nitrogens with zero attached hydrogens (tertiary/aromatic N) is 4. The Morgan fingerprint density at radius 1 is 0.850 bits per heavy atom. The van der Waals surface area contributed by atoms with Crippen LogP contribution in [0.2, 0.25) is 0 Å². The molecule has 60 heavy (non-hydrogen) atoms. The molecule has 3 saturated heterocycles. The Morgan fingerprint density at radius 2 is 1.53 bits per heavy atom. The van der Waals surface area contributed by atoms with Crippen molar-refractivity contribution in [3.63, 3.8) is 0 Å². The number of carbonyl (C=O) groups excluding carboxylic acids is 5. The highest BCUT2D eigenvalue weighted by Crippen LogP contribution is 2.33. The molecule has 17 heteroatoms. The van der Waals surface area contributed by atoms with Crippen LogP contribution in [-0.2, 0) is 41.4 Å². The number of hydrogen-bond acceptors (Lipinski definition) is 12. The van der Waals surface area contributed by atoms with Gasteiger partial charge in [0, 0.05) is 57.8 Å². The van der Waals surface area contributed by atoms with Crippen molar-refractivity contribution in [1.29, 1.82) is 0 Å². The molecule has 0 saturated carbocycles. The number of carbonyl (C=O) groups is 5. The van der Waals surface area contributed by atoms with Crippen molar-refractivity contribution < 1.29 is 47.3 Å². The number of hydrogen-bond donors (Lipinski definition) is 2. The molecule has 3 aromatic rings. The average Bonchev–Trinajstić information content (AvgIpc) is 3.53. The van der Waals surface area contributed by atoms with Crippen LogP contribution in [0.1, 0.15) is 69.1 Å². The number of esters is 1. The van der Waals surface area contributed by atoms with Crippen molar-refractivity contribution in [3.05, 3.63) is 63.6 Å². The number of oxazole rings is 1. The summed E-state index contributed by atoms with van der Waals surface area (Å²) in [5.74, 6) is -0.458. The molecule has 3 fully saturated rings. The van der Waals surface area contributed by atoms with Gasteiger partial charge in [-0.3, -0.25) is 19.5 Å². The summed E-state index contributed by atoms with van der Waals surface area (Å²) in [6.45, 7) is 9.10. The number of amides is 4. The highest BCUT2D eigenvalue weighted by molar-refractivity contribution is 5.91. The van der Waals surface area contributed by atoms with E-state index in [2.05, 4.69) is 10.3 Å². The molecule has 1 aromatic heterocycles. The molecule has 2 aromatic carbocycles. The van der Waals surface area contributed by atoms with Gasteiger partial charge in [0.2, 0.25) is 6.29 Å². The molecule has 4 amide bonds. The molecule has 17 nitrogen and oxygen atoms in total. The van der Waals surface area contributed by atoms with Gasteiger partial charge in [-0.2, -0.15) is 0 Å². The van der Waals surface area contributed by atoms with Crippen LogP contribution in [0.15, 0.2) is 45.6 Å². The molecule has 0 bridgehead atoms. The lowest BCUT2D eigenvalue weighted by Crippen LogP contribution is -2.52. The molecule has 0 spiro atoms. The summed E-state index contributed by atoms with van der Waals surface area (Å²) in [4.78, 5) is 87.3. The van der Waals surface area contributed by atoms with Gasteiger partial charge in [0.1, 0.15) is 0 Å². The Kier molecular flexibility index (Phi) is 13.6. The molecular formula is C43H56N6O11. The van der Waals surface area contributed by atoms with E-state index < -0.39 is 36.4 Å². The monoisotopic (exact) mass is 832 g/mol. The minimum atomic E-state index is -1.10. The van der Waals surface area contributed by atoms with E-state index in [4.69, 9.17) is 23.4 Å². The zero-order chi connectivity index (χ0) is 42.3. The minimum Gasteiger partial charge on any atom is -0.436 e. The van der Waals surface area contributed by atoms with Gasteiger partial charge < -0.3 is 43.4 Å². The maximum Gasteiger partial charge on any atom is 0.511 e. The van der Waals surface area contributed by atoms with Crippen molar-refractivity contribution in [1.82, 2.24) is 24.6 Å². The second-order valence-corrected chi connectivity index (χ2v) is 16.3. The predicted octanol–water partition coefficient (Wildman–Crippen LogP) is 5.04. The smallest absolute Gasteiger partial charge is 0.436 e. The first-order valence-corrected chi connectivity index (χ1v) is 21.2. The van der Waals surface area contributed by atoms with Gasteiger partial charge in [0.05, 0.1) is 18.7 Å². The quantitative estimate of drug-likeness (QED) is 0.149. The first-order valence-electron chi connectivity index (χ1n) is 21.2. The fourth-order valence-corrected chi connectivity index (χ4v) is 9.19. The van der Waals surface area contributed by atoms with Gasteiger partial charge >= 0.3 is 30.0 Å². The van der Waals surface area contributed by atoms with Crippen LogP contribution in [0.25, 0.3) is 11.1 Å². The number of nitrogens with one attached hydrogen (secondary N) is 2. The summed E-state index contributed by atoms with van der Waals surface area (Å²) in [6.07, 6.45) is 1.85. The van der Waals surface area contributed by atoms with E-state index in [9.17, 15) is 28.8 Å². The van der Waals surface area contributed by atoms with Crippen LogP contribution in [0.3, 0.4) is 0 Å². The molecule has 0 radical (unpaired) electrons. The highest BCUT2D eigenvalue weighted by atomic mass is 16.8. The molecule has 324 valence electrons. The van der Waals surface area contributed by atoms with Crippen LogP contribution >= 0.6 is 0 Å². The molecule has 4 aliphatic rings. The Morgan fingerprint density at radius 3 is 2.25 bits per heavy atom. The summed E-state index contributed by atoms with van der Waals surface area (Å²) in [7, 11) is 0. The van der Waals surface area contributed by atoms with E-state index in [0.717, 1.165) is 62.0 Å². The number of anilines is 1. The lowest BCUT2D eigenvalue weighted by molar-refractivity contribution is -0.169. The van der Waals surface area contributed by atoms with Crippen LogP contribution < -0.4 is 11.1 Å². The van der Waals surface area contributed by atoms with E-state index in [1.807, 2.05) is 47.1 Å². The number of rotatable bonds is 11. The lowest BCUT2D eigenvalue weighted by atomic mass is 9.78. The molecule has 1 unspecified atom stereocenters. The number of para-hydroxylation sites is 1. The third kappa shape index (κ3) is 10.4. The third-order valence-electron chi connectivity index (χ3n) is 12.4. The first kappa shape index (κ1) is 42.5. The summed E-state index contributed by atoms with van der Waals surface area (Å²) in [6, 6.07) is 11.2. The van der Waals surface area contributed by atoms with Gasteiger partial charge in [-0.1, -0.05) is 24.3 Å². The molecule has 0 aliphatic carbocycles. The van der Waals surface area contributed by atoms with Gasteiger partial charge in [0.25, 0.3) is 5.91 Å². The van der Waals surface area contributed by atoms with E-state index in [1.165, 1.54) is 6.92 Å². The van der Waals surface area contributed by atoms with Crippen molar-refractivity contribution in [2.45, 2.75) is 90.6 Å². The van der Waals surface area contributed by atoms with Crippen LogP contribution in [0.5, 0.6) is 0 Å². The number of urea groups is 1. The standard InChI is InChI=1S/C43H56N6O11/c1-4-56-43(55)58-28(3)57-37(50)26-46-16-9-30(10-17-46)31-11-18-47(19-12-31)39(51)36(25-29-23-27(2)38-35(24-29)59-41(53)45-38)60-42(54)48-20-14-33(15-21-48)49-22-13-32-7-5-6-8-34(32)44-40(49)52/h5-8,23-24,28,30-31,33,36H,4,9-22,25-26H2,1-3H3,(H,44,52)(H,45,53)/t28?,36-/m1/s1. The van der Waals surface area contributed by atoms with Gasteiger partial charge in [-0.25, -0.2) is 19.2 Å². The molecule has 4 aliphatic heterocycles. The molecule has 5 heterocycles. The number of benzene rings is 2. The number of likely N-dealkylation sites (tertiary alicyclic amines) is 3. The van der Waals surface area contributed by atoms with Crippen LogP contribution in [0.4, 0.5) is 20.1 Å². The van der Waals surface area contributed by atoms with Crippen LogP contribution in [-0.4, -0.2) is 132 Å². The summed E-state index contributed by atoms with van der Waals surface area (Å²) in [5, 5.41) is 3.04. The number of H-pyrrole nitrogens is 1. The second-order valence-electron chi connectivity index (χ2n) is 16.3. The van der Waals surface area contributed by atoms with Crippen molar-refractivity contribution in [2.75, 3.05) is 64.3 Å². The number of fused-ring (bicyclic) bond motifs is 2. The molecule has 7 rings (SSSR count). The normalized spacial score (nSPS) is 19.5. The highest BCUT2D eigenvalue weighted by Gasteiger charge is 2.37. The van der Waals surface area contributed by atoms with E-state index in [0.29, 0.717) is 74.1 Å². The van der Waals surface area contributed by atoms with E-state index >= 15 is 0 Å². The fourth-order valence-electron chi connectivity index (χ4n) is 9.19. The number of aromatic nitrogens is 1. The third-order valence-corrected chi connectivity index (χ3v) is 12.4. The van der Waals surface area contributed by atoms with E-state index in [1.54, 1.807) is 22.8 Å². The second kappa shape index (κ2) is 19.2. The number of aromatic amines is 1. The zero-order valence-corrected chi connectivity index (χ0v) is 34.7. The Hall–Kier alpha value is -5.58. The first-order chi connectivity index (χ1) is 28.9. The molecule has 2 atom stereocenters. The molecule has 2 N–H and O–H groups in total. The number of aryl methyl sites for hydroxylation is 1. The maximum atomic E-state index is 14.3. The predicted molar refractivity (Wildman–Crippen MR) is 218 cm³/mol. The average molecular weight is 833 g/mol. The van der Waals surface area contributed by atoms with E-state index in [-0.39, 0.29) is 37.6 Å². The van der Waals surface area contributed by atoms with Gasteiger partial charge in [0.15, 0.2) is 11.7 Å². The Labute approximate surface area is 348 Å². The maximum absolute atomic E-state index is 14.3. The minimum absolute atomic E-state index is 0.0375. The topological polar surface area (TPSA) is 193 Å². The van der Waals surface area contributed by atoms with Crippen molar-refractivity contribution >= 4 is 46.9 Å². The van der Waals surface area contributed by atoms with Gasteiger partial charge in [-0.15, -0.1) is 0 Å². The molecular weight excluding hydrogens is 777 g/mol. The van der Waals surface area contributed by atoms with Crippen molar-refractivity contribution in [3.8, 4) is 0 Å². The zero-order valence-electron chi connectivity index (χ0n) is 34.7. The number of ether oxygens (including phenoxy) is 4. The fraction of sp³-hybridized carbons (Fsp3) is 0.581. The summed E-state index contributed by atoms with van der Waals surface area (Å²) in [5.41, 5.74) is 4.35. The van der Waals surface area contributed by atoms with Crippen LogP contribution in [0, 0.1) is 18.8 Å². The summed E-state index contributed by atoms with van der Waals surface area (Å²) < 4.78 is 26.3.